The number of H-pyrrole nitrogens is 1. The molecule has 1 fully saturated rings. The molecule has 0 aromatic carbocycles. The number of hydrogen-bond acceptors (Lipinski definition) is 7. The minimum atomic E-state index is -0.423. The van der Waals surface area contributed by atoms with Crippen molar-refractivity contribution in [1.82, 2.24) is 40.2 Å². The summed E-state index contributed by atoms with van der Waals surface area (Å²) >= 11 is 0. The quantitative estimate of drug-likeness (QED) is 0.372. The molecule has 1 aliphatic rings. The number of hydrogen-bond donors (Lipinski definition) is 3. The van der Waals surface area contributed by atoms with Gasteiger partial charge in [0.05, 0.1) is 18.4 Å². The second-order valence-corrected chi connectivity index (χ2v) is 8.97. The number of rotatable bonds is 7. The highest BCUT2D eigenvalue weighted by Crippen LogP contribution is 2.41. The van der Waals surface area contributed by atoms with Crippen LogP contribution in [0.2, 0.25) is 0 Å². The van der Waals surface area contributed by atoms with Gasteiger partial charge in [-0.25, -0.2) is 24.0 Å². The first-order chi connectivity index (χ1) is 16.8. The molecule has 4 aromatic rings. The van der Waals surface area contributed by atoms with Crippen molar-refractivity contribution < 1.29 is 9.18 Å². The summed E-state index contributed by atoms with van der Waals surface area (Å²) in [5.41, 5.74) is 3.60. The number of nitrogens with one attached hydrogen (secondary N) is 3. The van der Waals surface area contributed by atoms with E-state index < -0.39 is 5.82 Å². The number of amides is 1. The van der Waals surface area contributed by atoms with Crippen LogP contribution in [0.1, 0.15) is 54.4 Å². The molecule has 1 saturated carbocycles. The Morgan fingerprint density at radius 3 is 2.69 bits per heavy atom. The third kappa shape index (κ3) is 5.03. The van der Waals surface area contributed by atoms with Crippen LogP contribution in [0.15, 0.2) is 42.9 Å². The molecule has 1 aliphatic carbocycles. The third-order valence-electron chi connectivity index (χ3n) is 6.16. The maximum atomic E-state index is 13.2. The summed E-state index contributed by atoms with van der Waals surface area (Å²) in [7, 11) is 0. The van der Waals surface area contributed by atoms with Crippen LogP contribution in [0, 0.1) is 25.6 Å². The number of nitrogens with zero attached hydrogens (tertiary/aromatic N) is 6. The van der Waals surface area contributed by atoms with E-state index in [0.29, 0.717) is 17.6 Å². The normalized spacial score (nSPS) is 18.1. The monoisotopic (exact) mass is 475 g/mol. The van der Waals surface area contributed by atoms with Gasteiger partial charge in [-0.1, -0.05) is 6.07 Å². The highest BCUT2D eigenvalue weighted by Gasteiger charge is 2.37. The van der Waals surface area contributed by atoms with Gasteiger partial charge in [0.2, 0.25) is 11.9 Å². The average Bonchev–Trinajstić information content (AvgIpc) is 3.40. The van der Waals surface area contributed by atoms with E-state index in [9.17, 15) is 9.18 Å². The topological polar surface area (TPSA) is 126 Å². The number of carbonyl (C=O) groups is 1. The molecular formula is C24H26FN9O. The summed E-state index contributed by atoms with van der Waals surface area (Å²) in [4.78, 5) is 26.2. The Kier molecular flexibility index (Phi) is 5.98. The fourth-order valence-electron chi connectivity index (χ4n) is 4.16. The van der Waals surface area contributed by atoms with Gasteiger partial charge < -0.3 is 10.6 Å². The van der Waals surface area contributed by atoms with E-state index in [2.05, 4.69) is 40.9 Å². The summed E-state index contributed by atoms with van der Waals surface area (Å²) in [5.74, 6) is 1.41. The van der Waals surface area contributed by atoms with Crippen molar-refractivity contribution >= 4 is 17.7 Å². The Morgan fingerprint density at radius 2 is 2.03 bits per heavy atom. The summed E-state index contributed by atoms with van der Waals surface area (Å²) in [6, 6.07) is 7.26. The third-order valence-corrected chi connectivity index (χ3v) is 6.16. The number of aryl methyl sites for hydroxylation is 2. The Hall–Kier alpha value is -4.15. The molecule has 4 heterocycles. The second kappa shape index (κ2) is 9.24. The molecule has 0 radical (unpaired) electrons. The first kappa shape index (κ1) is 22.6. The van der Waals surface area contributed by atoms with Gasteiger partial charge in [0.25, 0.3) is 0 Å². The lowest BCUT2D eigenvalue weighted by atomic mass is 9.72. The molecule has 5 rings (SSSR count). The SMILES string of the molecule is Cc1cc([C@H]2C[C@H](C(=O)N[C@@H](C)c3ccc(-n4cc(F)cn4)nc3)C2)nc(Nc2cc(C)[nH]n2)n1. The number of halogens is 1. The van der Waals surface area contributed by atoms with Crippen LogP contribution in [0.3, 0.4) is 0 Å². The lowest BCUT2D eigenvalue weighted by Gasteiger charge is -2.34. The summed E-state index contributed by atoms with van der Waals surface area (Å²) in [6.07, 6.45) is 5.53. The highest BCUT2D eigenvalue weighted by molar-refractivity contribution is 5.80. The van der Waals surface area contributed by atoms with Gasteiger partial charge in [-0.05, 0) is 51.3 Å². The van der Waals surface area contributed by atoms with Crippen LogP contribution < -0.4 is 10.6 Å². The van der Waals surface area contributed by atoms with E-state index in [4.69, 9.17) is 0 Å². The highest BCUT2D eigenvalue weighted by atomic mass is 19.1. The summed E-state index contributed by atoms with van der Waals surface area (Å²) in [5, 5.41) is 17.2. The molecule has 4 aromatic heterocycles. The standard InChI is InChI=1S/C24H26FN9O/c1-13-6-20(30-24(28-13)31-21-7-14(2)32-33-21)17-8-18(9-17)23(35)29-15(3)16-4-5-22(26-10-16)34-12-19(25)11-27-34/h4-7,10-12,15,17-18H,8-9H2,1-3H3,(H,29,35)(H2,28,30,31,32,33)/t15-,17-,18-/m0/s1. The van der Waals surface area contributed by atoms with Crippen molar-refractivity contribution in [2.24, 2.45) is 5.92 Å². The van der Waals surface area contributed by atoms with Gasteiger partial charge in [0, 0.05) is 41.2 Å². The predicted octanol–water partition coefficient (Wildman–Crippen LogP) is 3.65. The molecule has 0 unspecified atom stereocenters. The van der Waals surface area contributed by atoms with Crippen LogP contribution in [0.4, 0.5) is 16.2 Å². The lowest BCUT2D eigenvalue weighted by molar-refractivity contribution is -0.128. The summed E-state index contributed by atoms with van der Waals surface area (Å²) in [6.45, 7) is 5.77. The predicted molar refractivity (Wildman–Crippen MR) is 127 cm³/mol. The maximum Gasteiger partial charge on any atom is 0.228 e. The molecule has 0 saturated heterocycles. The Balaban J connectivity index is 1.16. The molecule has 0 bridgehead atoms. The Bertz CT molecular complexity index is 1340. The van der Waals surface area contributed by atoms with E-state index >= 15 is 0 Å². The minimum absolute atomic E-state index is 0.0168. The van der Waals surface area contributed by atoms with Crippen molar-refractivity contribution in [3.05, 3.63) is 71.3 Å². The second-order valence-electron chi connectivity index (χ2n) is 8.97. The molecule has 10 nitrogen and oxygen atoms in total. The van der Waals surface area contributed by atoms with Crippen molar-refractivity contribution in [1.29, 1.82) is 0 Å². The van der Waals surface area contributed by atoms with Gasteiger partial charge in [0.15, 0.2) is 17.5 Å². The molecule has 0 aliphatic heterocycles. The van der Waals surface area contributed by atoms with Crippen LogP contribution in [-0.4, -0.2) is 40.8 Å². The van der Waals surface area contributed by atoms with Crippen molar-refractivity contribution in [3.8, 4) is 5.82 Å². The van der Waals surface area contributed by atoms with Crippen LogP contribution in [-0.2, 0) is 4.79 Å². The maximum absolute atomic E-state index is 13.2. The molecule has 1 atom stereocenters. The zero-order valence-corrected chi connectivity index (χ0v) is 19.7. The van der Waals surface area contributed by atoms with Crippen LogP contribution in [0.25, 0.3) is 5.82 Å². The largest absolute Gasteiger partial charge is 0.349 e. The Labute approximate surface area is 201 Å². The van der Waals surface area contributed by atoms with Crippen LogP contribution in [0.5, 0.6) is 0 Å². The van der Waals surface area contributed by atoms with Gasteiger partial charge in [-0.2, -0.15) is 10.2 Å². The van der Waals surface area contributed by atoms with Crippen molar-refractivity contribution in [3.63, 3.8) is 0 Å². The smallest absolute Gasteiger partial charge is 0.228 e. The number of aromatic amines is 1. The van der Waals surface area contributed by atoms with Gasteiger partial charge >= 0.3 is 0 Å². The minimum Gasteiger partial charge on any atom is -0.349 e. The van der Waals surface area contributed by atoms with Gasteiger partial charge in [-0.15, -0.1) is 0 Å². The lowest BCUT2D eigenvalue weighted by Crippen LogP contribution is -2.39. The fraction of sp³-hybridized carbons (Fsp3) is 0.333. The molecule has 35 heavy (non-hydrogen) atoms. The molecule has 0 spiro atoms. The molecule has 3 N–H and O–H groups in total. The number of pyridine rings is 1. The van der Waals surface area contributed by atoms with Crippen LogP contribution >= 0.6 is 0 Å². The van der Waals surface area contributed by atoms with Gasteiger partial charge in [0.1, 0.15) is 0 Å². The number of carbonyl (C=O) groups excluding carboxylic acids is 1. The van der Waals surface area contributed by atoms with E-state index in [1.54, 1.807) is 12.3 Å². The molecule has 1 amide bonds. The van der Waals surface area contributed by atoms with Gasteiger partial charge in [-0.3, -0.25) is 9.89 Å². The van der Waals surface area contributed by atoms with E-state index in [0.717, 1.165) is 41.7 Å². The van der Waals surface area contributed by atoms with Crippen molar-refractivity contribution in [2.45, 2.75) is 45.6 Å². The molecule has 180 valence electrons. The van der Waals surface area contributed by atoms with E-state index in [-0.39, 0.29) is 23.8 Å². The van der Waals surface area contributed by atoms with Crippen molar-refractivity contribution in [2.75, 3.05) is 5.32 Å². The van der Waals surface area contributed by atoms with E-state index in [1.165, 1.54) is 10.9 Å². The molecular weight excluding hydrogens is 449 g/mol. The average molecular weight is 476 g/mol. The zero-order chi connectivity index (χ0) is 24.5. The fourth-order valence-corrected chi connectivity index (χ4v) is 4.16. The number of aromatic nitrogens is 7. The summed E-state index contributed by atoms with van der Waals surface area (Å²) < 4.78 is 14.5. The zero-order valence-electron chi connectivity index (χ0n) is 19.7. The number of anilines is 2. The first-order valence-corrected chi connectivity index (χ1v) is 11.5. The first-order valence-electron chi connectivity index (χ1n) is 11.5. The molecule has 11 heteroatoms. The van der Waals surface area contributed by atoms with E-state index in [1.807, 2.05) is 39.0 Å². The Morgan fingerprint density at radius 1 is 1.20 bits per heavy atom.